The highest BCUT2D eigenvalue weighted by molar-refractivity contribution is 7.89. The second-order valence-corrected chi connectivity index (χ2v) is 10.2. The van der Waals surface area contributed by atoms with E-state index in [2.05, 4.69) is 0 Å². The van der Waals surface area contributed by atoms with Gasteiger partial charge in [-0.3, -0.25) is 4.79 Å². The fourth-order valence-corrected chi connectivity index (χ4v) is 5.11. The Hall–Kier alpha value is -2.09. The van der Waals surface area contributed by atoms with Crippen LogP contribution < -0.4 is 4.74 Å². The first-order valence-corrected chi connectivity index (χ1v) is 12.2. The van der Waals surface area contributed by atoms with Gasteiger partial charge in [0.15, 0.2) is 0 Å². The highest BCUT2D eigenvalue weighted by atomic mass is 35.5. The molecule has 0 atom stereocenters. The van der Waals surface area contributed by atoms with Crippen molar-refractivity contribution in [2.75, 3.05) is 32.8 Å². The van der Waals surface area contributed by atoms with Gasteiger partial charge in [-0.05, 0) is 74.2 Å². The standard InChI is InChI=1S/C23H29ClN2O4S/c1-17-6-8-21(16-18(17)2)31(28,29)26-12-10-25(11-13-26)23(27)5-4-14-30-20-7-9-22(24)19(3)15-20/h6-9,15-16H,4-5,10-14H2,1-3H3. The van der Waals surface area contributed by atoms with Gasteiger partial charge in [-0.15, -0.1) is 0 Å². The summed E-state index contributed by atoms with van der Waals surface area (Å²) < 4.78 is 33.0. The van der Waals surface area contributed by atoms with Crippen LogP contribution in [-0.2, 0) is 14.8 Å². The molecule has 1 fully saturated rings. The third-order valence-electron chi connectivity index (χ3n) is 5.64. The Morgan fingerprint density at radius 3 is 2.32 bits per heavy atom. The monoisotopic (exact) mass is 464 g/mol. The molecule has 0 radical (unpaired) electrons. The van der Waals surface area contributed by atoms with Crippen molar-refractivity contribution in [2.45, 2.75) is 38.5 Å². The van der Waals surface area contributed by atoms with Crippen LogP contribution >= 0.6 is 11.6 Å². The zero-order valence-electron chi connectivity index (χ0n) is 18.2. The number of piperazine rings is 1. The van der Waals surface area contributed by atoms with E-state index in [-0.39, 0.29) is 5.91 Å². The second-order valence-electron chi connectivity index (χ2n) is 7.89. The molecular formula is C23H29ClN2O4S. The number of ether oxygens (including phenoxy) is 1. The van der Waals surface area contributed by atoms with Crippen molar-refractivity contribution in [3.63, 3.8) is 0 Å². The fourth-order valence-electron chi connectivity index (χ4n) is 3.48. The lowest BCUT2D eigenvalue weighted by atomic mass is 10.1. The minimum atomic E-state index is -3.54. The van der Waals surface area contributed by atoms with Gasteiger partial charge in [-0.1, -0.05) is 17.7 Å². The number of nitrogens with zero attached hydrogens (tertiary/aromatic N) is 2. The third-order valence-corrected chi connectivity index (χ3v) is 7.96. The van der Waals surface area contributed by atoms with Crippen LogP contribution in [0.3, 0.4) is 0 Å². The Balaban J connectivity index is 1.45. The Kier molecular flexibility index (Phi) is 7.62. The molecule has 0 aromatic heterocycles. The van der Waals surface area contributed by atoms with E-state index in [9.17, 15) is 13.2 Å². The van der Waals surface area contributed by atoms with Gasteiger partial charge in [-0.2, -0.15) is 4.31 Å². The van der Waals surface area contributed by atoms with E-state index in [1.807, 2.05) is 39.0 Å². The van der Waals surface area contributed by atoms with Gasteiger partial charge in [0.2, 0.25) is 15.9 Å². The summed E-state index contributed by atoms with van der Waals surface area (Å²) in [5, 5.41) is 0.696. The van der Waals surface area contributed by atoms with Gasteiger partial charge in [0.05, 0.1) is 11.5 Å². The van der Waals surface area contributed by atoms with E-state index in [0.29, 0.717) is 55.5 Å². The van der Waals surface area contributed by atoms with Crippen LogP contribution in [0.5, 0.6) is 5.75 Å². The van der Waals surface area contributed by atoms with Crippen LogP contribution in [0.25, 0.3) is 0 Å². The highest BCUT2D eigenvalue weighted by Gasteiger charge is 2.30. The van der Waals surface area contributed by atoms with Gasteiger partial charge < -0.3 is 9.64 Å². The Labute approximate surface area is 189 Å². The first-order valence-electron chi connectivity index (χ1n) is 10.4. The zero-order chi connectivity index (χ0) is 22.6. The number of hydrogen-bond acceptors (Lipinski definition) is 4. The van der Waals surface area contributed by atoms with Gasteiger partial charge in [0.1, 0.15) is 5.75 Å². The molecule has 2 aromatic carbocycles. The minimum Gasteiger partial charge on any atom is -0.494 e. The van der Waals surface area contributed by atoms with Gasteiger partial charge >= 0.3 is 0 Å². The Morgan fingerprint density at radius 1 is 0.968 bits per heavy atom. The third kappa shape index (κ3) is 5.79. The topological polar surface area (TPSA) is 66.9 Å². The molecule has 31 heavy (non-hydrogen) atoms. The van der Waals surface area contributed by atoms with E-state index in [1.165, 1.54) is 4.31 Å². The summed E-state index contributed by atoms with van der Waals surface area (Å²) in [6, 6.07) is 10.7. The number of benzene rings is 2. The quantitative estimate of drug-likeness (QED) is 0.582. The smallest absolute Gasteiger partial charge is 0.243 e. The Morgan fingerprint density at radius 2 is 1.68 bits per heavy atom. The lowest BCUT2D eigenvalue weighted by Gasteiger charge is -2.34. The van der Waals surface area contributed by atoms with Crippen molar-refractivity contribution in [1.29, 1.82) is 0 Å². The minimum absolute atomic E-state index is 0.0270. The molecule has 3 rings (SSSR count). The molecule has 0 unspecified atom stereocenters. The van der Waals surface area contributed by atoms with E-state index in [4.69, 9.17) is 16.3 Å². The molecule has 1 saturated heterocycles. The second kappa shape index (κ2) is 10.0. The first-order chi connectivity index (χ1) is 14.7. The molecule has 8 heteroatoms. The number of carbonyl (C=O) groups is 1. The largest absolute Gasteiger partial charge is 0.494 e. The summed E-state index contributed by atoms with van der Waals surface area (Å²) in [6.07, 6.45) is 0.970. The maximum Gasteiger partial charge on any atom is 0.243 e. The van der Waals surface area contributed by atoms with Crippen LogP contribution in [0.4, 0.5) is 0 Å². The van der Waals surface area contributed by atoms with Gasteiger partial charge in [-0.25, -0.2) is 8.42 Å². The molecule has 1 aliphatic rings. The van der Waals surface area contributed by atoms with Crippen molar-refractivity contribution >= 4 is 27.5 Å². The average Bonchev–Trinajstić information content (AvgIpc) is 2.75. The summed E-state index contributed by atoms with van der Waals surface area (Å²) in [5.41, 5.74) is 2.96. The maximum absolute atomic E-state index is 12.9. The number of carbonyl (C=O) groups excluding carboxylic acids is 1. The molecule has 6 nitrogen and oxygen atoms in total. The molecule has 1 heterocycles. The lowest BCUT2D eigenvalue weighted by molar-refractivity contribution is -0.132. The van der Waals surface area contributed by atoms with Crippen LogP contribution in [-0.4, -0.2) is 56.3 Å². The van der Waals surface area contributed by atoms with Crippen molar-refractivity contribution < 1.29 is 17.9 Å². The predicted octanol–water partition coefficient (Wildman–Crippen LogP) is 3.96. The maximum atomic E-state index is 12.9. The molecule has 0 spiro atoms. The molecule has 168 valence electrons. The highest BCUT2D eigenvalue weighted by Crippen LogP contribution is 2.22. The SMILES string of the molecule is Cc1ccc(S(=O)(=O)N2CCN(C(=O)CCCOc3ccc(Cl)c(C)c3)CC2)cc1C. The molecule has 0 N–H and O–H groups in total. The summed E-state index contributed by atoms with van der Waals surface area (Å²) in [4.78, 5) is 14.5. The fraction of sp³-hybridized carbons (Fsp3) is 0.435. The molecule has 0 aliphatic carbocycles. The van der Waals surface area contributed by atoms with E-state index < -0.39 is 10.0 Å². The van der Waals surface area contributed by atoms with Crippen molar-refractivity contribution in [3.8, 4) is 5.75 Å². The number of halogens is 1. The number of amides is 1. The summed E-state index contributed by atoms with van der Waals surface area (Å²) in [7, 11) is -3.54. The lowest BCUT2D eigenvalue weighted by Crippen LogP contribution is -2.50. The molecule has 1 aliphatic heterocycles. The van der Waals surface area contributed by atoms with Gasteiger partial charge in [0.25, 0.3) is 0 Å². The van der Waals surface area contributed by atoms with Crippen molar-refractivity contribution in [2.24, 2.45) is 0 Å². The van der Waals surface area contributed by atoms with E-state index in [1.54, 1.807) is 23.1 Å². The molecule has 1 amide bonds. The number of rotatable bonds is 7. The predicted molar refractivity (Wildman–Crippen MR) is 122 cm³/mol. The van der Waals surface area contributed by atoms with Gasteiger partial charge in [0, 0.05) is 37.6 Å². The molecule has 2 aromatic rings. The first kappa shape index (κ1) is 23.6. The van der Waals surface area contributed by atoms with Crippen LogP contribution in [0, 0.1) is 20.8 Å². The zero-order valence-corrected chi connectivity index (χ0v) is 19.8. The van der Waals surface area contributed by atoms with Crippen LogP contribution in [0.2, 0.25) is 5.02 Å². The van der Waals surface area contributed by atoms with Crippen LogP contribution in [0.15, 0.2) is 41.3 Å². The number of hydrogen-bond donors (Lipinski definition) is 0. The average molecular weight is 465 g/mol. The molecule has 0 bridgehead atoms. The molecule has 0 saturated carbocycles. The normalized spacial score (nSPS) is 15.2. The summed E-state index contributed by atoms with van der Waals surface area (Å²) in [5.74, 6) is 0.763. The molecular weight excluding hydrogens is 436 g/mol. The summed E-state index contributed by atoms with van der Waals surface area (Å²) >= 11 is 6.01. The number of aryl methyl sites for hydroxylation is 3. The Bertz CT molecular complexity index is 1050. The summed E-state index contributed by atoms with van der Waals surface area (Å²) in [6.45, 7) is 7.64. The van der Waals surface area contributed by atoms with Crippen molar-refractivity contribution in [3.05, 3.63) is 58.1 Å². The number of sulfonamides is 1. The van der Waals surface area contributed by atoms with E-state index in [0.717, 1.165) is 22.4 Å². The van der Waals surface area contributed by atoms with Crippen LogP contribution in [0.1, 0.15) is 29.5 Å². The van der Waals surface area contributed by atoms with E-state index >= 15 is 0 Å². The van der Waals surface area contributed by atoms with Crippen molar-refractivity contribution in [1.82, 2.24) is 9.21 Å².